The molecule has 0 saturated carbocycles. The molecule has 3 heteroatoms. The molecule has 1 aliphatic rings. The van der Waals surface area contributed by atoms with E-state index in [-0.39, 0.29) is 12.7 Å². The van der Waals surface area contributed by atoms with Gasteiger partial charge in [-0.05, 0) is 13.3 Å². The third kappa shape index (κ3) is 3.25. The first-order valence-corrected chi connectivity index (χ1v) is 5.13. The van der Waals surface area contributed by atoms with E-state index in [4.69, 9.17) is 14.6 Å². The summed E-state index contributed by atoms with van der Waals surface area (Å²) in [7, 11) is 0. The predicted molar refractivity (Wildman–Crippen MR) is 50.5 cm³/mol. The van der Waals surface area contributed by atoms with E-state index in [0.29, 0.717) is 6.61 Å². The van der Waals surface area contributed by atoms with Crippen LogP contribution < -0.4 is 0 Å². The summed E-state index contributed by atoms with van der Waals surface area (Å²) < 4.78 is 11.1. The van der Waals surface area contributed by atoms with Crippen LogP contribution in [0.15, 0.2) is 0 Å². The Morgan fingerprint density at radius 2 is 2.23 bits per heavy atom. The Bertz CT molecular complexity index is 149. The summed E-state index contributed by atoms with van der Waals surface area (Å²) in [5, 5.41) is 8.86. The van der Waals surface area contributed by atoms with Crippen molar-refractivity contribution >= 4 is 0 Å². The fourth-order valence-electron chi connectivity index (χ4n) is 1.61. The average Bonchev–Trinajstić information content (AvgIpc) is 2.49. The van der Waals surface area contributed by atoms with Gasteiger partial charge in [-0.15, -0.1) is 0 Å². The lowest BCUT2D eigenvalue weighted by atomic mass is 10.1. The molecule has 3 nitrogen and oxygen atoms in total. The first-order valence-electron chi connectivity index (χ1n) is 5.13. The van der Waals surface area contributed by atoms with E-state index in [0.717, 1.165) is 12.8 Å². The fraction of sp³-hybridized carbons (Fsp3) is 1.00. The number of unbranched alkanes of at least 4 members (excludes halogenated alkanes) is 2. The third-order valence-electron chi connectivity index (χ3n) is 2.43. The van der Waals surface area contributed by atoms with Crippen molar-refractivity contribution in [2.75, 3.05) is 13.2 Å². The summed E-state index contributed by atoms with van der Waals surface area (Å²) >= 11 is 0. The summed E-state index contributed by atoms with van der Waals surface area (Å²) in [5.41, 5.74) is 0. The maximum Gasteiger partial charge on any atom is 0.166 e. The second-order valence-corrected chi connectivity index (χ2v) is 3.82. The molecule has 0 amide bonds. The number of aliphatic hydroxyl groups excluding tert-OH is 1. The molecule has 1 saturated heterocycles. The van der Waals surface area contributed by atoms with E-state index in [9.17, 15) is 0 Å². The van der Waals surface area contributed by atoms with Crippen molar-refractivity contribution in [1.29, 1.82) is 0 Å². The highest BCUT2D eigenvalue weighted by Gasteiger charge is 2.35. The van der Waals surface area contributed by atoms with Gasteiger partial charge in [-0.1, -0.05) is 19.8 Å². The van der Waals surface area contributed by atoms with Crippen molar-refractivity contribution < 1.29 is 14.6 Å². The highest BCUT2D eigenvalue weighted by Crippen LogP contribution is 2.28. The van der Waals surface area contributed by atoms with Crippen LogP contribution in [0.3, 0.4) is 0 Å². The standard InChI is InChI=1S/C10H20O3/c1-3-4-5-6-10(2)12-8-9(7-11)13-10/h9,11H,3-8H2,1-2H3/t9-,10+/m0/s1. The molecule has 1 rings (SSSR count). The van der Waals surface area contributed by atoms with Gasteiger partial charge in [-0.3, -0.25) is 0 Å². The summed E-state index contributed by atoms with van der Waals surface area (Å²) in [6.45, 7) is 4.72. The summed E-state index contributed by atoms with van der Waals surface area (Å²) in [6, 6.07) is 0. The topological polar surface area (TPSA) is 38.7 Å². The zero-order chi connectivity index (χ0) is 9.73. The van der Waals surface area contributed by atoms with E-state index in [2.05, 4.69) is 6.92 Å². The van der Waals surface area contributed by atoms with Gasteiger partial charge in [0.15, 0.2) is 5.79 Å². The summed E-state index contributed by atoms with van der Waals surface area (Å²) in [4.78, 5) is 0. The van der Waals surface area contributed by atoms with Crippen LogP contribution in [0.25, 0.3) is 0 Å². The van der Waals surface area contributed by atoms with Gasteiger partial charge in [0.1, 0.15) is 6.10 Å². The second-order valence-electron chi connectivity index (χ2n) is 3.82. The number of aliphatic hydroxyl groups is 1. The molecular formula is C10H20O3. The van der Waals surface area contributed by atoms with Crippen molar-refractivity contribution in [2.45, 2.75) is 51.4 Å². The zero-order valence-electron chi connectivity index (χ0n) is 8.58. The molecular weight excluding hydrogens is 168 g/mol. The maximum atomic E-state index is 8.86. The van der Waals surface area contributed by atoms with Gasteiger partial charge < -0.3 is 14.6 Å². The van der Waals surface area contributed by atoms with Crippen LogP contribution in [0.5, 0.6) is 0 Å². The van der Waals surface area contributed by atoms with Crippen LogP contribution in [0, 0.1) is 0 Å². The van der Waals surface area contributed by atoms with Crippen LogP contribution in [0.4, 0.5) is 0 Å². The van der Waals surface area contributed by atoms with E-state index < -0.39 is 5.79 Å². The van der Waals surface area contributed by atoms with Gasteiger partial charge in [0.05, 0.1) is 13.2 Å². The molecule has 0 spiro atoms. The largest absolute Gasteiger partial charge is 0.394 e. The number of rotatable bonds is 5. The smallest absolute Gasteiger partial charge is 0.166 e. The maximum absolute atomic E-state index is 8.86. The molecule has 0 bridgehead atoms. The normalized spacial score (nSPS) is 33.9. The van der Waals surface area contributed by atoms with E-state index in [1.165, 1.54) is 12.8 Å². The number of hydrogen-bond acceptors (Lipinski definition) is 3. The van der Waals surface area contributed by atoms with Crippen LogP contribution in [0.1, 0.15) is 39.5 Å². The number of hydrogen-bond donors (Lipinski definition) is 1. The highest BCUT2D eigenvalue weighted by molar-refractivity contribution is 4.74. The van der Waals surface area contributed by atoms with Crippen molar-refractivity contribution in [3.05, 3.63) is 0 Å². The molecule has 1 heterocycles. The minimum atomic E-state index is -0.442. The SMILES string of the molecule is CCCCC[C@]1(C)OC[C@H](CO)O1. The minimum absolute atomic E-state index is 0.0589. The molecule has 78 valence electrons. The fourth-order valence-corrected chi connectivity index (χ4v) is 1.61. The second kappa shape index (κ2) is 4.94. The Balaban J connectivity index is 2.23. The first-order chi connectivity index (χ1) is 6.20. The Kier molecular flexibility index (Phi) is 4.16. The quantitative estimate of drug-likeness (QED) is 0.667. The Hall–Kier alpha value is -0.120. The molecule has 0 unspecified atom stereocenters. The van der Waals surface area contributed by atoms with Gasteiger partial charge in [-0.2, -0.15) is 0 Å². The number of ether oxygens (including phenoxy) is 2. The van der Waals surface area contributed by atoms with Crippen molar-refractivity contribution in [3.63, 3.8) is 0 Å². The lowest BCUT2D eigenvalue weighted by Gasteiger charge is -2.22. The van der Waals surface area contributed by atoms with Crippen LogP contribution in [0.2, 0.25) is 0 Å². The predicted octanol–water partition coefficient (Wildman–Crippen LogP) is 1.69. The van der Waals surface area contributed by atoms with E-state index in [1.54, 1.807) is 0 Å². The molecule has 0 radical (unpaired) electrons. The zero-order valence-corrected chi connectivity index (χ0v) is 8.58. The molecule has 0 aliphatic carbocycles. The van der Waals surface area contributed by atoms with Gasteiger partial charge in [0.2, 0.25) is 0 Å². The Morgan fingerprint density at radius 3 is 2.77 bits per heavy atom. The van der Waals surface area contributed by atoms with E-state index in [1.807, 2.05) is 6.92 Å². The molecule has 1 N–H and O–H groups in total. The van der Waals surface area contributed by atoms with Crippen LogP contribution in [-0.2, 0) is 9.47 Å². The van der Waals surface area contributed by atoms with Gasteiger partial charge in [0, 0.05) is 6.42 Å². The summed E-state index contributed by atoms with van der Waals surface area (Å²) in [5.74, 6) is -0.442. The van der Waals surface area contributed by atoms with Crippen molar-refractivity contribution in [2.24, 2.45) is 0 Å². The molecule has 0 aromatic carbocycles. The average molecular weight is 188 g/mol. The molecule has 13 heavy (non-hydrogen) atoms. The van der Waals surface area contributed by atoms with Crippen molar-refractivity contribution in [1.82, 2.24) is 0 Å². The van der Waals surface area contributed by atoms with Crippen LogP contribution >= 0.6 is 0 Å². The minimum Gasteiger partial charge on any atom is -0.394 e. The Morgan fingerprint density at radius 1 is 1.46 bits per heavy atom. The van der Waals surface area contributed by atoms with Crippen molar-refractivity contribution in [3.8, 4) is 0 Å². The molecule has 1 fully saturated rings. The monoisotopic (exact) mass is 188 g/mol. The summed E-state index contributed by atoms with van der Waals surface area (Å²) in [6.07, 6.45) is 4.36. The lowest BCUT2D eigenvalue weighted by molar-refractivity contribution is -0.162. The van der Waals surface area contributed by atoms with E-state index >= 15 is 0 Å². The highest BCUT2D eigenvalue weighted by atomic mass is 16.7. The molecule has 1 aliphatic heterocycles. The molecule has 2 atom stereocenters. The molecule has 0 aromatic rings. The van der Waals surface area contributed by atoms with Gasteiger partial charge >= 0.3 is 0 Å². The molecule has 0 aromatic heterocycles. The third-order valence-corrected chi connectivity index (χ3v) is 2.43. The lowest BCUT2D eigenvalue weighted by Crippen LogP contribution is -2.27. The Labute approximate surface area is 80.0 Å². The van der Waals surface area contributed by atoms with Gasteiger partial charge in [-0.25, -0.2) is 0 Å². The van der Waals surface area contributed by atoms with Gasteiger partial charge in [0.25, 0.3) is 0 Å². The first kappa shape index (κ1) is 11.0. The van der Waals surface area contributed by atoms with Crippen LogP contribution in [-0.4, -0.2) is 30.2 Å².